The van der Waals surface area contributed by atoms with Crippen molar-refractivity contribution in [3.8, 4) is 17.1 Å². The van der Waals surface area contributed by atoms with Crippen LogP contribution in [0.2, 0.25) is 0 Å². The number of pyridine rings is 1. The van der Waals surface area contributed by atoms with Crippen molar-refractivity contribution in [3.05, 3.63) is 42.9 Å². The zero-order valence-electron chi connectivity index (χ0n) is 16.5. The van der Waals surface area contributed by atoms with Gasteiger partial charge in [-0.2, -0.15) is 18.6 Å². The van der Waals surface area contributed by atoms with Gasteiger partial charge in [-0.05, 0) is 18.2 Å². The van der Waals surface area contributed by atoms with Gasteiger partial charge in [0.05, 0.1) is 36.1 Å². The third kappa shape index (κ3) is 4.23. The van der Waals surface area contributed by atoms with Crippen LogP contribution in [-0.4, -0.2) is 68.5 Å². The van der Waals surface area contributed by atoms with Crippen LogP contribution in [0.5, 0.6) is 5.88 Å². The summed E-state index contributed by atoms with van der Waals surface area (Å²) in [7, 11) is 0. The summed E-state index contributed by atoms with van der Waals surface area (Å²) < 4.78 is 11.7. The summed E-state index contributed by atoms with van der Waals surface area (Å²) in [6, 6.07) is 7.33. The molecule has 160 valence electrons. The topological polar surface area (TPSA) is 132 Å². The van der Waals surface area contributed by atoms with Crippen LogP contribution in [0.3, 0.4) is 0 Å². The number of nitrogens with zero attached hydrogens (tertiary/aromatic N) is 5. The molecule has 11 heteroatoms. The Bertz CT molecular complexity index is 1230. The predicted octanol–water partition coefficient (Wildman–Crippen LogP) is 1.84. The Morgan fingerprint density at radius 2 is 2.16 bits per heavy atom. The van der Waals surface area contributed by atoms with E-state index < -0.39 is 6.03 Å². The first kappa shape index (κ1) is 20.8. The van der Waals surface area contributed by atoms with Crippen molar-refractivity contribution >= 4 is 41.5 Å². The number of nitrogens with one attached hydrogen (secondary N) is 1. The predicted molar refractivity (Wildman–Crippen MR) is 119 cm³/mol. The van der Waals surface area contributed by atoms with Crippen molar-refractivity contribution in [3.63, 3.8) is 0 Å². The Balaban J connectivity index is 0.00000231. The van der Waals surface area contributed by atoms with Crippen LogP contribution in [0.4, 0.5) is 4.79 Å². The average Bonchev–Trinajstić information content (AvgIpc) is 3.25. The van der Waals surface area contributed by atoms with E-state index in [4.69, 9.17) is 15.2 Å². The lowest BCUT2D eigenvalue weighted by molar-refractivity contribution is -0.0346. The van der Waals surface area contributed by atoms with Crippen molar-refractivity contribution < 1.29 is 14.3 Å². The Kier molecular flexibility index (Phi) is 5.87. The van der Waals surface area contributed by atoms with Gasteiger partial charge in [0.2, 0.25) is 5.88 Å². The molecule has 5 rings (SSSR count). The molecule has 31 heavy (non-hydrogen) atoms. The van der Waals surface area contributed by atoms with Gasteiger partial charge >= 0.3 is 6.03 Å². The van der Waals surface area contributed by atoms with Gasteiger partial charge in [-0.1, -0.05) is 6.07 Å². The average molecular weight is 440 g/mol. The molecule has 0 bridgehead atoms. The van der Waals surface area contributed by atoms with E-state index in [9.17, 15) is 4.79 Å². The van der Waals surface area contributed by atoms with E-state index in [0.29, 0.717) is 42.3 Å². The maximum Gasteiger partial charge on any atom is 0.314 e. The summed E-state index contributed by atoms with van der Waals surface area (Å²) in [6.45, 7) is 1.47. The van der Waals surface area contributed by atoms with E-state index in [1.165, 1.54) is 0 Å². The fourth-order valence-electron chi connectivity index (χ4n) is 3.49. The second-order valence-electron chi connectivity index (χ2n) is 7.00. The zero-order valence-corrected chi connectivity index (χ0v) is 17.5. The van der Waals surface area contributed by atoms with Crippen LogP contribution < -0.4 is 10.5 Å². The number of benzene rings is 1. The van der Waals surface area contributed by atoms with Gasteiger partial charge in [-0.15, -0.1) is 0 Å². The van der Waals surface area contributed by atoms with Crippen molar-refractivity contribution in [2.45, 2.75) is 6.10 Å². The zero-order chi connectivity index (χ0) is 20.5. The molecule has 0 aliphatic carbocycles. The molecule has 2 amide bonds. The minimum Gasteiger partial charge on any atom is -0.473 e. The minimum absolute atomic E-state index is 0. The number of rotatable bonds is 4. The minimum atomic E-state index is -0.464. The molecule has 1 atom stereocenters. The number of carbonyl (C=O) groups excluding carboxylic acids is 1. The standard InChI is InChI=1S/C20H19N7O3.H2S/c21-20(28)27-5-6-29-14(10-27)11-30-19-18-17(22-3-4-23-18)8-16(25-19)12-1-2-15-13(7-12)9-24-26-15;/h1-4,7-9,14H,5-6,10-11H2,(H2,21,28)(H,24,26);1H2/t14-;/m0./s1. The number of primary amides is 1. The number of morpholine rings is 1. The number of ether oxygens (including phenoxy) is 2. The van der Waals surface area contributed by atoms with Crippen molar-refractivity contribution in [2.75, 3.05) is 26.3 Å². The van der Waals surface area contributed by atoms with Crippen molar-refractivity contribution in [1.82, 2.24) is 30.0 Å². The van der Waals surface area contributed by atoms with Crippen LogP contribution in [0.1, 0.15) is 0 Å². The van der Waals surface area contributed by atoms with Crippen LogP contribution in [0, 0.1) is 0 Å². The number of hydrogen-bond donors (Lipinski definition) is 2. The quantitative estimate of drug-likeness (QED) is 0.496. The van der Waals surface area contributed by atoms with E-state index in [1.807, 2.05) is 24.3 Å². The molecular weight excluding hydrogens is 418 g/mol. The first-order valence-corrected chi connectivity index (χ1v) is 9.51. The van der Waals surface area contributed by atoms with E-state index in [0.717, 1.165) is 16.5 Å². The maximum atomic E-state index is 11.4. The summed E-state index contributed by atoms with van der Waals surface area (Å²) in [5.41, 5.74) is 9.19. The maximum absolute atomic E-state index is 11.4. The molecule has 0 saturated carbocycles. The van der Waals surface area contributed by atoms with Gasteiger partial charge in [0.15, 0.2) is 5.52 Å². The summed E-state index contributed by atoms with van der Waals surface area (Å²) in [6.07, 6.45) is 4.69. The number of H-pyrrole nitrogens is 1. The first-order chi connectivity index (χ1) is 14.7. The molecule has 1 aromatic carbocycles. The number of amides is 2. The van der Waals surface area contributed by atoms with E-state index in [1.54, 1.807) is 23.5 Å². The molecule has 1 aliphatic rings. The Labute approximate surface area is 184 Å². The second kappa shape index (κ2) is 8.74. The number of nitrogens with two attached hydrogens (primary N) is 1. The largest absolute Gasteiger partial charge is 0.473 e. The van der Waals surface area contributed by atoms with Gasteiger partial charge in [-0.25, -0.2) is 14.8 Å². The molecule has 0 radical (unpaired) electrons. The number of carbonyl (C=O) groups is 1. The lowest BCUT2D eigenvalue weighted by atomic mass is 10.1. The fourth-order valence-corrected chi connectivity index (χ4v) is 3.49. The highest BCUT2D eigenvalue weighted by Gasteiger charge is 2.24. The van der Waals surface area contributed by atoms with Crippen LogP contribution in [0.25, 0.3) is 33.2 Å². The Morgan fingerprint density at radius 1 is 1.29 bits per heavy atom. The SMILES string of the molecule is NC(=O)N1CCO[C@H](COc2nc(-c3ccc4[nH]ncc4c3)cc3nccnc23)C1.S. The summed E-state index contributed by atoms with van der Waals surface area (Å²) >= 11 is 0. The molecule has 1 aliphatic heterocycles. The summed E-state index contributed by atoms with van der Waals surface area (Å²) in [5.74, 6) is 0.364. The number of fused-ring (bicyclic) bond motifs is 2. The summed E-state index contributed by atoms with van der Waals surface area (Å²) in [4.78, 5) is 26.4. The lowest BCUT2D eigenvalue weighted by Crippen LogP contribution is -2.49. The van der Waals surface area contributed by atoms with Crippen LogP contribution in [0.15, 0.2) is 42.9 Å². The molecule has 3 N–H and O–H groups in total. The molecule has 1 saturated heterocycles. The van der Waals surface area contributed by atoms with Crippen LogP contribution >= 0.6 is 13.5 Å². The van der Waals surface area contributed by atoms with Gasteiger partial charge in [0, 0.05) is 29.9 Å². The molecule has 1 fully saturated rings. The lowest BCUT2D eigenvalue weighted by Gasteiger charge is -2.31. The molecule has 0 unspecified atom stereocenters. The normalized spacial score (nSPS) is 16.3. The Hall–Kier alpha value is -3.44. The molecule has 4 heterocycles. The van der Waals surface area contributed by atoms with Gasteiger partial charge in [0.1, 0.15) is 12.7 Å². The van der Waals surface area contributed by atoms with E-state index >= 15 is 0 Å². The van der Waals surface area contributed by atoms with Gasteiger partial charge < -0.3 is 20.1 Å². The fraction of sp³-hybridized carbons (Fsp3) is 0.250. The molecular formula is C20H21N7O3S. The molecule has 4 aromatic rings. The third-order valence-corrected chi connectivity index (χ3v) is 5.02. The van der Waals surface area contributed by atoms with Gasteiger partial charge in [0.25, 0.3) is 0 Å². The highest BCUT2D eigenvalue weighted by molar-refractivity contribution is 7.59. The molecule has 0 spiro atoms. The molecule has 10 nitrogen and oxygen atoms in total. The smallest absolute Gasteiger partial charge is 0.314 e. The number of aromatic amines is 1. The van der Waals surface area contributed by atoms with Crippen molar-refractivity contribution in [2.24, 2.45) is 5.73 Å². The monoisotopic (exact) mass is 439 g/mol. The number of aromatic nitrogens is 5. The van der Waals surface area contributed by atoms with Crippen molar-refractivity contribution in [1.29, 1.82) is 0 Å². The van der Waals surface area contributed by atoms with E-state index in [-0.39, 0.29) is 26.2 Å². The highest BCUT2D eigenvalue weighted by Crippen LogP contribution is 2.28. The number of hydrogen-bond acceptors (Lipinski definition) is 7. The first-order valence-electron chi connectivity index (χ1n) is 9.51. The van der Waals surface area contributed by atoms with Gasteiger partial charge in [-0.3, -0.25) is 10.1 Å². The third-order valence-electron chi connectivity index (χ3n) is 5.02. The highest BCUT2D eigenvalue weighted by atomic mass is 32.1. The molecule has 3 aromatic heterocycles. The van der Waals surface area contributed by atoms with Crippen LogP contribution in [-0.2, 0) is 4.74 Å². The number of urea groups is 1. The summed E-state index contributed by atoms with van der Waals surface area (Å²) in [5, 5.41) is 7.98. The van der Waals surface area contributed by atoms with E-state index in [2.05, 4.69) is 25.1 Å². The Morgan fingerprint density at radius 3 is 3.03 bits per heavy atom. The second-order valence-corrected chi connectivity index (χ2v) is 7.00.